The molecule has 0 unspecified atom stereocenters. The van der Waals surface area contributed by atoms with E-state index in [0.29, 0.717) is 29.2 Å². The van der Waals surface area contributed by atoms with E-state index in [0.717, 1.165) is 21.7 Å². The molecule has 5 aromatic rings. The number of nitrogens with one attached hydrogen (secondary N) is 1. The monoisotopic (exact) mass is 458 g/mol. The molecule has 1 amide bonds. The molecule has 0 spiro atoms. The Kier molecular flexibility index (Phi) is 5.46. The number of fused-ring (bicyclic) bond motifs is 3. The van der Waals surface area contributed by atoms with Gasteiger partial charge in [-0.1, -0.05) is 12.1 Å². The minimum atomic E-state index is -0.419. The number of nitrogens with zero attached hydrogens (tertiary/aromatic N) is 5. The Bertz CT molecular complexity index is 1550. The van der Waals surface area contributed by atoms with Crippen LogP contribution in [-0.4, -0.2) is 43.4 Å². The van der Waals surface area contributed by atoms with Crippen LogP contribution in [0.25, 0.3) is 22.4 Å². The van der Waals surface area contributed by atoms with Crippen LogP contribution in [-0.2, 0) is 11.3 Å². The zero-order valence-electron chi connectivity index (χ0n) is 18.6. The third kappa shape index (κ3) is 3.85. The average Bonchev–Trinajstić information content (AvgIpc) is 3.42. The van der Waals surface area contributed by atoms with Gasteiger partial charge < -0.3 is 14.8 Å². The first-order valence-electron chi connectivity index (χ1n) is 10.7. The molecular weight excluding hydrogens is 436 g/mol. The van der Waals surface area contributed by atoms with Crippen LogP contribution in [0.4, 0.5) is 5.69 Å². The summed E-state index contributed by atoms with van der Waals surface area (Å²) in [5.74, 6) is 0.927. The van der Waals surface area contributed by atoms with Gasteiger partial charge in [0.25, 0.3) is 0 Å². The third-order valence-electron chi connectivity index (χ3n) is 5.33. The highest BCUT2D eigenvalue weighted by molar-refractivity contribution is 5.92. The summed E-state index contributed by atoms with van der Waals surface area (Å²) in [7, 11) is 1.61. The van der Waals surface area contributed by atoms with Gasteiger partial charge in [0, 0.05) is 18.0 Å². The first-order valence-corrected chi connectivity index (χ1v) is 10.7. The predicted octanol–water partition coefficient (Wildman–Crippen LogP) is 2.86. The summed E-state index contributed by atoms with van der Waals surface area (Å²) in [5, 5.41) is 11.8. The molecule has 10 heteroatoms. The predicted molar refractivity (Wildman–Crippen MR) is 126 cm³/mol. The fourth-order valence-electron chi connectivity index (χ4n) is 3.72. The molecule has 172 valence electrons. The number of amides is 1. The highest BCUT2D eigenvalue weighted by Crippen LogP contribution is 2.25. The Morgan fingerprint density at radius 3 is 2.62 bits per heavy atom. The van der Waals surface area contributed by atoms with Crippen molar-refractivity contribution < 1.29 is 14.3 Å². The van der Waals surface area contributed by atoms with Gasteiger partial charge in [0.1, 0.15) is 23.6 Å². The van der Waals surface area contributed by atoms with Crippen LogP contribution in [0.1, 0.15) is 6.92 Å². The van der Waals surface area contributed by atoms with E-state index in [-0.39, 0.29) is 12.5 Å². The summed E-state index contributed by atoms with van der Waals surface area (Å²) in [5.41, 5.74) is 2.79. The van der Waals surface area contributed by atoms with Crippen LogP contribution in [0, 0.1) is 0 Å². The molecule has 0 aliphatic carbocycles. The van der Waals surface area contributed by atoms with E-state index in [1.54, 1.807) is 42.2 Å². The Hall–Kier alpha value is -4.60. The minimum Gasteiger partial charge on any atom is -0.497 e. The van der Waals surface area contributed by atoms with Crippen molar-refractivity contribution in [2.45, 2.75) is 13.5 Å². The van der Waals surface area contributed by atoms with Crippen molar-refractivity contribution in [3.63, 3.8) is 0 Å². The Balaban J connectivity index is 1.45. The van der Waals surface area contributed by atoms with Gasteiger partial charge in [0.05, 0.1) is 25.1 Å². The largest absolute Gasteiger partial charge is 0.497 e. The number of aromatic nitrogens is 5. The molecule has 1 N–H and O–H groups in total. The minimum absolute atomic E-state index is 0.243. The van der Waals surface area contributed by atoms with Crippen molar-refractivity contribution in [2.75, 3.05) is 19.0 Å². The number of methoxy groups -OCH3 is 1. The van der Waals surface area contributed by atoms with Gasteiger partial charge in [0.2, 0.25) is 5.91 Å². The molecule has 0 aliphatic heterocycles. The molecule has 0 radical (unpaired) electrons. The van der Waals surface area contributed by atoms with Gasteiger partial charge in [0.15, 0.2) is 5.65 Å². The average molecular weight is 458 g/mol. The SMILES string of the molecule is CCOc1ccccc1NC(=O)Cn1nc2c3cc(-c4ccc(OC)cc4)nn3ccn2c1=O. The van der Waals surface area contributed by atoms with Gasteiger partial charge in [-0.25, -0.2) is 18.4 Å². The molecule has 3 aromatic heterocycles. The number of para-hydroxylation sites is 2. The number of carbonyl (C=O) groups excluding carboxylic acids is 1. The van der Waals surface area contributed by atoms with E-state index in [2.05, 4.69) is 15.5 Å². The van der Waals surface area contributed by atoms with Gasteiger partial charge >= 0.3 is 5.69 Å². The molecule has 5 rings (SSSR count). The topological polar surface area (TPSA) is 104 Å². The summed E-state index contributed by atoms with van der Waals surface area (Å²) >= 11 is 0. The lowest BCUT2D eigenvalue weighted by Crippen LogP contribution is -2.28. The number of benzene rings is 2. The van der Waals surface area contributed by atoms with Crippen LogP contribution in [0.3, 0.4) is 0 Å². The number of carbonyl (C=O) groups is 1. The Labute approximate surface area is 194 Å². The Morgan fingerprint density at radius 2 is 1.85 bits per heavy atom. The first-order chi connectivity index (χ1) is 16.6. The molecule has 0 fully saturated rings. The standard InChI is InChI=1S/C24H22N6O4/c1-3-34-21-7-5-4-6-18(21)25-22(31)15-30-24(32)28-12-13-29-20(23(28)27-30)14-19(26-29)16-8-10-17(33-2)11-9-16/h4-14H,3,15H2,1-2H3,(H,25,31). The molecule has 10 nitrogen and oxygen atoms in total. The quantitative estimate of drug-likeness (QED) is 0.402. The van der Waals surface area contributed by atoms with E-state index in [4.69, 9.17) is 9.47 Å². The van der Waals surface area contributed by atoms with Crippen molar-refractivity contribution in [1.29, 1.82) is 0 Å². The zero-order chi connectivity index (χ0) is 23.7. The Morgan fingerprint density at radius 1 is 1.06 bits per heavy atom. The first kappa shape index (κ1) is 21.3. The van der Waals surface area contributed by atoms with Gasteiger partial charge in [-0.3, -0.25) is 4.79 Å². The second-order valence-electron chi connectivity index (χ2n) is 7.50. The van der Waals surface area contributed by atoms with E-state index >= 15 is 0 Å². The van der Waals surface area contributed by atoms with Gasteiger partial charge in [-0.15, -0.1) is 5.10 Å². The number of ether oxygens (including phenoxy) is 2. The van der Waals surface area contributed by atoms with Crippen molar-refractivity contribution >= 4 is 22.8 Å². The molecule has 2 aromatic carbocycles. The summed E-state index contributed by atoms with van der Waals surface area (Å²) < 4.78 is 14.9. The van der Waals surface area contributed by atoms with Crippen LogP contribution in [0.2, 0.25) is 0 Å². The number of anilines is 1. The van der Waals surface area contributed by atoms with Crippen LogP contribution in [0.15, 0.2) is 71.8 Å². The molecule has 0 aliphatic rings. The summed E-state index contributed by atoms with van der Waals surface area (Å²) in [6, 6.07) is 16.5. The molecule has 3 heterocycles. The third-order valence-corrected chi connectivity index (χ3v) is 5.33. The molecule has 0 saturated heterocycles. The van der Waals surface area contributed by atoms with Gasteiger partial charge in [-0.05, 0) is 49.4 Å². The van der Waals surface area contributed by atoms with Crippen molar-refractivity contribution in [2.24, 2.45) is 0 Å². The van der Waals surface area contributed by atoms with E-state index in [9.17, 15) is 9.59 Å². The maximum Gasteiger partial charge on any atom is 0.350 e. The fourth-order valence-corrected chi connectivity index (χ4v) is 3.72. The van der Waals surface area contributed by atoms with Crippen LogP contribution < -0.4 is 20.5 Å². The van der Waals surface area contributed by atoms with E-state index in [1.165, 1.54) is 4.40 Å². The lowest BCUT2D eigenvalue weighted by Gasteiger charge is -2.10. The second kappa shape index (κ2) is 8.74. The molecule has 0 saturated carbocycles. The van der Waals surface area contributed by atoms with Crippen molar-refractivity contribution in [3.8, 4) is 22.8 Å². The van der Waals surface area contributed by atoms with E-state index < -0.39 is 5.69 Å². The van der Waals surface area contributed by atoms with Crippen LogP contribution >= 0.6 is 0 Å². The summed E-state index contributed by atoms with van der Waals surface area (Å²) in [4.78, 5) is 25.6. The highest BCUT2D eigenvalue weighted by atomic mass is 16.5. The summed E-state index contributed by atoms with van der Waals surface area (Å²) in [6.45, 7) is 2.09. The van der Waals surface area contributed by atoms with Crippen LogP contribution in [0.5, 0.6) is 11.5 Å². The maximum absolute atomic E-state index is 12.9. The number of hydrogen-bond donors (Lipinski definition) is 1. The number of rotatable bonds is 7. The zero-order valence-corrected chi connectivity index (χ0v) is 18.6. The van der Waals surface area contributed by atoms with Crippen molar-refractivity contribution in [1.82, 2.24) is 23.8 Å². The van der Waals surface area contributed by atoms with Crippen molar-refractivity contribution in [3.05, 3.63) is 77.5 Å². The fraction of sp³-hybridized carbons (Fsp3) is 0.167. The lowest BCUT2D eigenvalue weighted by molar-refractivity contribution is -0.117. The normalized spacial score (nSPS) is 11.1. The van der Waals surface area contributed by atoms with Gasteiger partial charge in [-0.2, -0.15) is 5.10 Å². The number of hydrogen-bond acceptors (Lipinski definition) is 6. The lowest BCUT2D eigenvalue weighted by atomic mass is 10.1. The summed E-state index contributed by atoms with van der Waals surface area (Å²) in [6.07, 6.45) is 3.27. The molecular formula is C24H22N6O4. The molecule has 0 bridgehead atoms. The maximum atomic E-state index is 12.9. The second-order valence-corrected chi connectivity index (χ2v) is 7.50. The van der Waals surface area contributed by atoms with E-state index in [1.807, 2.05) is 43.3 Å². The highest BCUT2D eigenvalue weighted by Gasteiger charge is 2.16. The smallest absolute Gasteiger partial charge is 0.350 e. The molecule has 34 heavy (non-hydrogen) atoms. The molecule has 0 atom stereocenters.